The Labute approximate surface area is 167 Å². The molecule has 6 nitrogen and oxygen atoms in total. The number of anilines is 1. The van der Waals surface area contributed by atoms with Crippen molar-refractivity contribution >= 4 is 23.4 Å². The predicted octanol–water partition coefficient (Wildman–Crippen LogP) is 4.04. The smallest absolute Gasteiger partial charge is 0.237 e. The van der Waals surface area contributed by atoms with E-state index in [-0.39, 0.29) is 17.3 Å². The summed E-state index contributed by atoms with van der Waals surface area (Å²) in [5.74, 6) is 6.04. The van der Waals surface area contributed by atoms with Crippen molar-refractivity contribution in [2.75, 3.05) is 11.2 Å². The number of benzene rings is 2. The monoisotopic (exact) mass is 399 g/mol. The van der Waals surface area contributed by atoms with E-state index < -0.39 is 11.1 Å². The minimum absolute atomic E-state index is 0.183. The van der Waals surface area contributed by atoms with Gasteiger partial charge in [-0.2, -0.15) is 0 Å². The fourth-order valence-electron chi connectivity index (χ4n) is 2.59. The van der Waals surface area contributed by atoms with E-state index in [2.05, 4.69) is 29.4 Å². The van der Waals surface area contributed by atoms with Crippen LogP contribution < -0.4 is 11.2 Å². The number of hydrogen-bond donors (Lipinski definition) is 2. The average Bonchev–Trinajstić information content (AvgIpc) is 3.03. The van der Waals surface area contributed by atoms with Crippen LogP contribution in [0.15, 0.2) is 53.7 Å². The molecule has 146 valence electrons. The zero-order valence-corrected chi connectivity index (χ0v) is 16.7. The number of hydrogen-bond acceptors (Lipinski definition) is 5. The van der Waals surface area contributed by atoms with E-state index >= 15 is 0 Å². The van der Waals surface area contributed by atoms with E-state index in [1.165, 1.54) is 16.3 Å². The summed E-state index contributed by atoms with van der Waals surface area (Å²) in [7, 11) is 0. The highest BCUT2D eigenvalue weighted by Gasteiger charge is 2.21. The number of halogens is 1. The fraction of sp³-hybridized carbons (Fsp3) is 0.250. The van der Waals surface area contributed by atoms with Crippen LogP contribution in [0.5, 0.6) is 0 Å². The summed E-state index contributed by atoms with van der Waals surface area (Å²) in [5.41, 5.74) is 2.19. The third-order valence-corrected chi connectivity index (χ3v) is 5.33. The predicted molar refractivity (Wildman–Crippen MR) is 110 cm³/mol. The molecule has 0 bridgehead atoms. The zero-order chi connectivity index (χ0) is 20.3. The summed E-state index contributed by atoms with van der Waals surface area (Å²) in [6.45, 7) is 5.98. The maximum Gasteiger partial charge on any atom is 0.237 e. The summed E-state index contributed by atoms with van der Waals surface area (Å²) in [6.07, 6.45) is 0. The van der Waals surface area contributed by atoms with Crippen LogP contribution in [0.1, 0.15) is 32.3 Å². The third-order valence-electron chi connectivity index (χ3n) is 4.28. The van der Waals surface area contributed by atoms with Crippen molar-refractivity contribution in [3.05, 3.63) is 59.9 Å². The van der Waals surface area contributed by atoms with E-state index in [1.807, 2.05) is 24.3 Å². The Balaban J connectivity index is 1.68. The molecule has 3 N–H and O–H groups in total. The van der Waals surface area contributed by atoms with Gasteiger partial charge in [-0.25, -0.2) is 9.07 Å². The molecule has 1 aromatic heterocycles. The second kappa shape index (κ2) is 8.43. The number of nitrogen functional groups attached to an aromatic ring is 1. The molecule has 0 saturated heterocycles. The lowest BCUT2D eigenvalue weighted by Gasteiger charge is -2.12. The number of amides is 1. The molecule has 0 aliphatic heterocycles. The summed E-state index contributed by atoms with van der Waals surface area (Å²) in [4.78, 5) is 12.5. The van der Waals surface area contributed by atoms with Crippen LogP contribution in [0.3, 0.4) is 0 Å². The molecule has 0 aliphatic rings. The molecule has 1 heterocycles. The van der Waals surface area contributed by atoms with Crippen molar-refractivity contribution in [2.45, 2.75) is 37.1 Å². The van der Waals surface area contributed by atoms with Crippen LogP contribution in [0.2, 0.25) is 0 Å². The molecule has 0 saturated carbocycles. The van der Waals surface area contributed by atoms with E-state index in [0.29, 0.717) is 11.1 Å². The fourth-order valence-corrected chi connectivity index (χ4v) is 3.36. The number of nitrogens with zero attached hydrogens (tertiary/aromatic N) is 3. The third kappa shape index (κ3) is 4.33. The highest BCUT2D eigenvalue weighted by atomic mass is 32.2. The largest absolute Gasteiger partial charge is 0.335 e. The second-order valence-corrected chi connectivity index (χ2v) is 7.99. The van der Waals surface area contributed by atoms with Gasteiger partial charge in [0.25, 0.3) is 0 Å². The Morgan fingerprint density at radius 2 is 1.79 bits per heavy atom. The number of carbonyl (C=O) groups is 1. The lowest BCUT2D eigenvalue weighted by atomic mass is 10.0. The SMILES string of the molecule is CC(C)c1ccc(NC(=O)[C@H](C)Sc2nnc(-c3ccccc3F)n2N)cc1. The molecular weight excluding hydrogens is 377 g/mol. The lowest BCUT2D eigenvalue weighted by Crippen LogP contribution is -2.23. The van der Waals surface area contributed by atoms with E-state index in [0.717, 1.165) is 17.4 Å². The summed E-state index contributed by atoms with van der Waals surface area (Å²) >= 11 is 1.16. The van der Waals surface area contributed by atoms with Crippen LogP contribution in [0.25, 0.3) is 11.4 Å². The highest BCUT2D eigenvalue weighted by Crippen LogP contribution is 2.27. The number of thioether (sulfide) groups is 1. The first-order valence-corrected chi connectivity index (χ1v) is 9.77. The summed E-state index contributed by atoms with van der Waals surface area (Å²) in [5, 5.41) is 10.7. The molecule has 0 radical (unpaired) electrons. The number of nitrogens with one attached hydrogen (secondary N) is 1. The molecule has 28 heavy (non-hydrogen) atoms. The van der Waals surface area contributed by atoms with Gasteiger partial charge in [0.15, 0.2) is 5.82 Å². The topological polar surface area (TPSA) is 85.8 Å². The molecule has 3 aromatic rings. The minimum Gasteiger partial charge on any atom is -0.335 e. The summed E-state index contributed by atoms with van der Waals surface area (Å²) < 4.78 is 15.2. The van der Waals surface area contributed by atoms with Crippen molar-refractivity contribution in [3.63, 3.8) is 0 Å². The van der Waals surface area contributed by atoms with Crippen molar-refractivity contribution in [1.29, 1.82) is 0 Å². The van der Waals surface area contributed by atoms with E-state index in [4.69, 9.17) is 5.84 Å². The van der Waals surface area contributed by atoms with Crippen LogP contribution in [-0.4, -0.2) is 26.0 Å². The van der Waals surface area contributed by atoms with Gasteiger partial charge in [0, 0.05) is 5.69 Å². The first kappa shape index (κ1) is 19.9. The highest BCUT2D eigenvalue weighted by molar-refractivity contribution is 8.00. The van der Waals surface area contributed by atoms with Crippen LogP contribution in [0.4, 0.5) is 10.1 Å². The Morgan fingerprint density at radius 1 is 1.11 bits per heavy atom. The average molecular weight is 399 g/mol. The van der Waals surface area contributed by atoms with Gasteiger partial charge in [0.05, 0.1) is 10.8 Å². The maximum atomic E-state index is 14.0. The Morgan fingerprint density at radius 3 is 2.43 bits per heavy atom. The van der Waals surface area contributed by atoms with Crippen LogP contribution >= 0.6 is 11.8 Å². The Hall–Kier alpha value is -2.87. The zero-order valence-electron chi connectivity index (χ0n) is 15.9. The van der Waals surface area contributed by atoms with Crippen molar-refractivity contribution < 1.29 is 9.18 Å². The number of aromatic nitrogens is 3. The molecule has 0 spiro atoms. The molecule has 2 aromatic carbocycles. The van der Waals surface area contributed by atoms with Crippen molar-refractivity contribution in [3.8, 4) is 11.4 Å². The minimum atomic E-state index is -0.468. The van der Waals surface area contributed by atoms with Gasteiger partial charge in [-0.05, 0) is 42.7 Å². The molecule has 0 unspecified atom stereocenters. The molecule has 1 amide bonds. The molecule has 0 aliphatic carbocycles. The van der Waals surface area contributed by atoms with Gasteiger partial charge < -0.3 is 11.2 Å². The van der Waals surface area contributed by atoms with Crippen LogP contribution in [0, 0.1) is 5.82 Å². The van der Waals surface area contributed by atoms with Crippen molar-refractivity contribution in [2.24, 2.45) is 0 Å². The van der Waals surface area contributed by atoms with E-state index in [1.54, 1.807) is 25.1 Å². The molecule has 1 atom stereocenters. The maximum absolute atomic E-state index is 14.0. The number of carbonyl (C=O) groups excluding carboxylic acids is 1. The molecule has 8 heteroatoms. The molecule has 0 fully saturated rings. The first-order chi connectivity index (χ1) is 13.4. The van der Waals surface area contributed by atoms with Gasteiger partial charge in [-0.3, -0.25) is 4.79 Å². The Kier molecular flexibility index (Phi) is 5.99. The van der Waals surface area contributed by atoms with Gasteiger partial charge >= 0.3 is 0 Å². The summed E-state index contributed by atoms with van der Waals surface area (Å²) in [6, 6.07) is 13.9. The first-order valence-electron chi connectivity index (χ1n) is 8.89. The molecular formula is C20H22FN5OS. The van der Waals surface area contributed by atoms with Crippen LogP contribution in [-0.2, 0) is 4.79 Å². The quantitative estimate of drug-likeness (QED) is 0.483. The van der Waals surface area contributed by atoms with Gasteiger partial charge in [0.2, 0.25) is 11.1 Å². The second-order valence-electron chi connectivity index (χ2n) is 6.68. The molecule has 3 rings (SSSR count). The number of nitrogens with two attached hydrogens (primary N) is 1. The van der Waals surface area contributed by atoms with Gasteiger partial charge in [0.1, 0.15) is 5.82 Å². The van der Waals surface area contributed by atoms with E-state index in [9.17, 15) is 9.18 Å². The lowest BCUT2D eigenvalue weighted by molar-refractivity contribution is -0.115. The van der Waals surface area contributed by atoms with Gasteiger partial charge in [-0.15, -0.1) is 10.2 Å². The van der Waals surface area contributed by atoms with Gasteiger partial charge in [-0.1, -0.05) is 49.9 Å². The number of rotatable bonds is 6. The standard InChI is InChI=1S/C20H22FN5OS/c1-12(2)14-8-10-15(11-9-14)23-19(27)13(3)28-20-25-24-18(26(20)22)16-6-4-5-7-17(16)21/h4-13H,22H2,1-3H3,(H,23,27)/t13-/m0/s1. The Bertz CT molecular complexity index is 971. The van der Waals surface area contributed by atoms with Crippen molar-refractivity contribution in [1.82, 2.24) is 14.9 Å². The normalized spacial score (nSPS) is 12.2.